The fraction of sp³-hybridized carbons (Fsp3) is 0.471. The van der Waals surface area contributed by atoms with Gasteiger partial charge >= 0.3 is 0 Å². The molecule has 1 saturated heterocycles. The van der Waals surface area contributed by atoms with Crippen molar-refractivity contribution in [3.63, 3.8) is 0 Å². The number of aryl methyl sites for hydroxylation is 1. The largest absolute Gasteiger partial charge is 0.342 e. The molecule has 7 heteroatoms. The summed E-state index contributed by atoms with van der Waals surface area (Å²) >= 11 is 5.98. The Kier molecular flexibility index (Phi) is 4.49. The highest BCUT2D eigenvalue weighted by molar-refractivity contribution is 6.31. The zero-order valence-electron chi connectivity index (χ0n) is 13.5. The van der Waals surface area contributed by atoms with E-state index in [0.717, 1.165) is 12.0 Å². The van der Waals surface area contributed by atoms with E-state index in [1.807, 2.05) is 13.0 Å². The minimum Gasteiger partial charge on any atom is -0.342 e. The maximum atomic E-state index is 12.8. The monoisotopic (exact) mass is 349 g/mol. The van der Waals surface area contributed by atoms with E-state index < -0.39 is 5.41 Å². The second kappa shape index (κ2) is 6.43. The van der Waals surface area contributed by atoms with Crippen molar-refractivity contribution >= 4 is 35.5 Å². The van der Waals surface area contributed by atoms with Crippen LogP contribution < -0.4 is 5.32 Å². The summed E-state index contributed by atoms with van der Waals surface area (Å²) in [4.78, 5) is 39.6. The van der Waals surface area contributed by atoms with Gasteiger partial charge in [0.05, 0.1) is 0 Å². The molecule has 0 spiro atoms. The predicted molar refractivity (Wildman–Crippen MR) is 90.7 cm³/mol. The van der Waals surface area contributed by atoms with Crippen LogP contribution in [0.15, 0.2) is 18.2 Å². The van der Waals surface area contributed by atoms with Gasteiger partial charge in [0, 0.05) is 36.9 Å². The van der Waals surface area contributed by atoms with Gasteiger partial charge < -0.3 is 15.1 Å². The van der Waals surface area contributed by atoms with Crippen LogP contribution >= 0.6 is 11.6 Å². The van der Waals surface area contributed by atoms with Crippen molar-refractivity contribution < 1.29 is 14.4 Å². The number of nitrogens with one attached hydrogen (secondary N) is 1. The van der Waals surface area contributed by atoms with Gasteiger partial charge in [0.1, 0.15) is 5.41 Å². The number of carbonyl (C=O) groups excluding carboxylic acids is 3. The molecule has 0 radical (unpaired) electrons. The Hall–Kier alpha value is -2.08. The lowest BCUT2D eigenvalue weighted by Gasteiger charge is -2.34. The van der Waals surface area contributed by atoms with Crippen LogP contribution in [0.5, 0.6) is 0 Å². The maximum absolute atomic E-state index is 12.8. The normalized spacial score (nSPS) is 18.9. The molecule has 6 nitrogen and oxygen atoms in total. The standard InChI is InChI=1S/C17H20ClN3O3/c1-12-2-3-13(18)10-14(12)19-15(23)17(4-5-17)16(24)21-8-6-20(11-22)7-9-21/h2-3,10-11H,4-9H2,1H3,(H,19,23). The summed E-state index contributed by atoms with van der Waals surface area (Å²) in [5.41, 5.74) is 0.575. The van der Waals surface area contributed by atoms with Crippen LogP contribution in [-0.2, 0) is 14.4 Å². The smallest absolute Gasteiger partial charge is 0.240 e. The van der Waals surface area contributed by atoms with Crippen molar-refractivity contribution in [2.75, 3.05) is 31.5 Å². The quantitative estimate of drug-likeness (QED) is 0.664. The molecule has 0 unspecified atom stereocenters. The van der Waals surface area contributed by atoms with Crippen LogP contribution in [0.1, 0.15) is 18.4 Å². The molecule has 3 amide bonds. The van der Waals surface area contributed by atoms with E-state index in [1.54, 1.807) is 21.9 Å². The van der Waals surface area contributed by atoms with Gasteiger partial charge in [-0.25, -0.2) is 0 Å². The van der Waals surface area contributed by atoms with E-state index >= 15 is 0 Å². The zero-order chi connectivity index (χ0) is 17.3. The predicted octanol–water partition coefficient (Wildman–Crippen LogP) is 1.67. The fourth-order valence-electron chi connectivity index (χ4n) is 2.97. The van der Waals surface area contributed by atoms with E-state index in [0.29, 0.717) is 49.7 Å². The molecule has 1 aromatic rings. The summed E-state index contributed by atoms with van der Waals surface area (Å²) in [7, 11) is 0. The Balaban J connectivity index is 1.69. The molecule has 24 heavy (non-hydrogen) atoms. The van der Waals surface area contributed by atoms with Crippen LogP contribution in [0.4, 0.5) is 5.69 Å². The Bertz CT molecular complexity index is 680. The van der Waals surface area contributed by atoms with Crippen molar-refractivity contribution in [2.45, 2.75) is 19.8 Å². The number of amides is 3. The third-order valence-corrected chi connectivity index (χ3v) is 5.03. The topological polar surface area (TPSA) is 69.7 Å². The van der Waals surface area contributed by atoms with Crippen molar-refractivity contribution in [1.29, 1.82) is 0 Å². The summed E-state index contributed by atoms with van der Waals surface area (Å²) in [5, 5.41) is 3.40. The highest BCUT2D eigenvalue weighted by Crippen LogP contribution is 2.48. The molecule has 1 aliphatic carbocycles. The van der Waals surface area contributed by atoms with Gasteiger partial charge in [-0.3, -0.25) is 14.4 Å². The lowest BCUT2D eigenvalue weighted by atomic mass is 10.0. The second-order valence-corrected chi connectivity index (χ2v) is 6.87. The number of hydrogen-bond acceptors (Lipinski definition) is 3. The molecule has 1 saturated carbocycles. The average Bonchev–Trinajstić information content (AvgIpc) is 3.39. The van der Waals surface area contributed by atoms with Gasteiger partial charge in [0.25, 0.3) is 0 Å². The number of halogens is 1. The van der Waals surface area contributed by atoms with Gasteiger partial charge in [-0.05, 0) is 37.5 Å². The van der Waals surface area contributed by atoms with E-state index in [4.69, 9.17) is 11.6 Å². The molecule has 128 valence electrons. The van der Waals surface area contributed by atoms with E-state index in [9.17, 15) is 14.4 Å². The van der Waals surface area contributed by atoms with Crippen LogP contribution in [-0.4, -0.2) is 54.2 Å². The van der Waals surface area contributed by atoms with Crippen LogP contribution in [0.25, 0.3) is 0 Å². The number of piperazine rings is 1. The molecular weight excluding hydrogens is 330 g/mol. The number of nitrogens with zero attached hydrogens (tertiary/aromatic N) is 2. The molecule has 1 aromatic carbocycles. The summed E-state index contributed by atoms with van der Waals surface area (Å²) in [6, 6.07) is 5.29. The van der Waals surface area contributed by atoms with E-state index in [2.05, 4.69) is 5.32 Å². The Labute approximate surface area is 145 Å². The van der Waals surface area contributed by atoms with Gasteiger partial charge in [0.15, 0.2) is 0 Å². The van der Waals surface area contributed by atoms with Crippen LogP contribution in [0, 0.1) is 12.3 Å². The second-order valence-electron chi connectivity index (χ2n) is 6.43. The highest BCUT2D eigenvalue weighted by Gasteiger charge is 2.58. The molecule has 1 aliphatic heterocycles. The first-order valence-electron chi connectivity index (χ1n) is 8.02. The SMILES string of the molecule is Cc1ccc(Cl)cc1NC(=O)C1(C(=O)N2CCN(C=O)CC2)CC1. The minimum atomic E-state index is -0.960. The number of benzene rings is 1. The molecule has 2 aliphatic rings. The zero-order valence-corrected chi connectivity index (χ0v) is 14.3. The summed E-state index contributed by atoms with van der Waals surface area (Å²) in [6.45, 7) is 3.86. The fourth-order valence-corrected chi connectivity index (χ4v) is 3.14. The van der Waals surface area contributed by atoms with E-state index in [1.165, 1.54) is 0 Å². The first-order valence-corrected chi connectivity index (χ1v) is 8.40. The summed E-state index contributed by atoms with van der Waals surface area (Å²) in [5.74, 6) is -0.402. The molecule has 0 bridgehead atoms. The maximum Gasteiger partial charge on any atom is 0.240 e. The van der Waals surface area contributed by atoms with Gasteiger partial charge in [-0.2, -0.15) is 0 Å². The first kappa shape index (κ1) is 16.8. The number of carbonyl (C=O) groups is 3. The number of anilines is 1. The average molecular weight is 350 g/mol. The van der Waals surface area contributed by atoms with Crippen LogP contribution in [0.3, 0.4) is 0 Å². The molecule has 1 heterocycles. The van der Waals surface area contributed by atoms with Gasteiger partial charge in [-0.1, -0.05) is 17.7 Å². The molecule has 0 atom stereocenters. The first-order chi connectivity index (χ1) is 11.5. The lowest BCUT2D eigenvalue weighted by molar-refractivity contribution is -0.144. The molecule has 1 N–H and O–H groups in total. The van der Waals surface area contributed by atoms with Crippen molar-refractivity contribution in [3.8, 4) is 0 Å². The molecule has 0 aromatic heterocycles. The third-order valence-electron chi connectivity index (χ3n) is 4.79. The van der Waals surface area contributed by atoms with Crippen LogP contribution in [0.2, 0.25) is 5.02 Å². The van der Waals surface area contributed by atoms with Crippen molar-refractivity contribution in [2.24, 2.45) is 5.41 Å². The summed E-state index contributed by atoms with van der Waals surface area (Å²) in [6.07, 6.45) is 1.92. The van der Waals surface area contributed by atoms with Gasteiger partial charge in [0.2, 0.25) is 18.2 Å². The Morgan fingerprint density at radius 1 is 1.21 bits per heavy atom. The highest BCUT2D eigenvalue weighted by atomic mass is 35.5. The van der Waals surface area contributed by atoms with Crippen molar-refractivity contribution in [3.05, 3.63) is 28.8 Å². The number of hydrogen-bond donors (Lipinski definition) is 1. The molecule has 3 rings (SSSR count). The molecule has 2 fully saturated rings. The third kappa shape index (κ3) is 3.11. The Morgan fingerprint density at radius 2 is 1.88 bits per heavy atom. The van der Waals surface area contributed by atoms with E-state index in [-0.39, 0.29) is 11.8 Å². The van der Waals surface area contributed by atoms with Crippen molar-refractivity contribution in [1.82, 2.24) is 9.80 Å². The summed E-state index contributed by atoms with van der Waals surface area (Å²) < 4.78 is 0. The van der Waals surface area contributed by atoms with Gasteiger partial charge in [-0.15, -0.1) is 0 Å². The number of rotatable bonds is 4. The Morgan fingerprint density at radius 3 is 2.46 bits per heavy atom. The minimum absolute atomic E-state index is 0.134. The molecular formula is C17H20ClN3O3. The lowest BCUT2D eigenvalue weighted by Crippen LogP contribution is -2.52.